The van der Waals surface area contributed by atoms with Gasteiger partial charge in [-0.15, -0.1) is 0 Å². The van der Waals surface area contributed by atoms with E-state index >= 15 is 4.79 Å². The highest BCUT2D eigenvalue weighted by Crippen LogP contribution is 2.50. The fourth-order valence-electron chi connectivity index (χ4n) is 8.68. The van der Waals surface area contributed by atoms with Gasteiger partial charge < -0.3 is 23.1 Å². The third-order valence-corrected chi connectivity index (χ3v) is 23.2. The Hall–Kier alpha value is -3.87. The molecule has 0 spiro atoms. The molecule has 330 valence electrons. The van der Waals surface area contributed by atoms with Gasteiger partial charge in [-0.3, -0.25) is 4.79 Å². The first-order valence-corrected chi connectivity index (χ1v) is 27.1. The molecule has 9 heteroatoms. The first kappa shape index (κ1) is 48.2. The first-order valence-electron chi connectivity index (χ1n) is 22.2. The van der Waals surface area contributed by atoms with Crippen molar-refractivity contribution in [2.45, 2.75) is 129 Å². The molecule has 0 aliphatic heterocycles. The summed E-state index contributed by atoms with van der Waals surface area (Å²) >= 11 is 0. The lowest BCUT2D eigenvalue weighted by molar-refractivity contribution is -0.136. The monoisotopic (exact) mass is 864 g/mol. The lowest BCUT2D eigenvalue weighted by atomic mass is 9.81. The lowest BCUT2D eigenvalue weighted by Gasteiger charge is -2.49. The number of ether oxygens (including phenoxy) is 3. The van der Waals surface area contributed by atoms with E-state index in [1.54, 1.807) is 19.2 Å². The molecule has 61 heavy (non-hydrogen) atoms. The van der Waals surface area contributed by atoms with E-state index in [2.05, 4.69) is 129 Å². The van der Waals surface area contributed by atoms with E-state index in [1.165, 1.54) is 10.4 Å². The molecule has 4 aromatic carbocycles. The SMILES string of the molecule is COc1ccc(CO[C@H](C[C@H](C)CCO[Si](C)(C)C(C)(C)C)C(=O)C[C@H]2[C@H](COC(=O)c3ccccc3)CC[C@]2(C)O[Si](c2ccccc2)(c2ccccc2)C(C)(C)C)cc1. The number of rotatable bonds is 20. The number of ketones is 1. The van der Waals surface area contributed by atoms with Crippen LogP contribution in [0.25, 0.3) is 0 Å². The number of Topliss-reactive ketones (excluding diaryl/α,β-unsaturated/α-hetero) is 1. The molecular formula is C52H72O7Si2. The van der Waals surface area contributed by atoms with Crippen molar-refractivity contribution >= 4 is 38.8 Å². The molecule has 0 aromatic heterocycles. The van der Waals surface area contributed by atoms with Crippen LogP contribution < -0.4 is 15.1 Å². The third-order valence-electron chi connectivity index (χ3n) is 13.5. The van der Waals surface area contributed by atoms with E-state index in [9.17, 15) is 4.79 Å². The van der Waals surface area contributed by atoms with Crippen LogP contribution in [0.2, 0.25) is 23.2 Å². The number of carbonyl (C=O) groups is 2. The van der Waals surface area contributed by atoms with Crippen LogP contribution in [0, 0.1) is 17.8 Å². The van der Waals surface area contributed by atoms with E-state index in [4.69, 9.17) is 23.1 Å². The number of hydrogen-bond donors (Lipinski definition) is 0. The zero-order valence-corrected chi connectivity index (χ0v) is 40.8. The summed E-state index contributed by atoms with van der Waals surface area (Å²) in [6, 6.07) is 38.3. The molecule has 0 unspecified atom stereocenters. The molecule has 0 saturated heterocycles. The van der Waals surface area contributed by atoms with Gasteiger partial charge in [-0.05, 0) is 114 Å². The molecule has 0 bridgehead atoms. The fraction of sp³-hybridized carbons (Fsp3) is 0.500. The number of hydrogen-bond acceptors (Lipinski definition) is 7. The van der Waals surface area contributed by atoms with Crippen molar-refractivity contribution in [2.75, 3.05) is 20.3 Å². The lowest BCUT2D eigenvalue weighted by Crippen LogP contribution is -2.69. The van der Waals surface area contributed by atoms with Gasteiger partial charge in [0.2, 0.25) is 0 Å². The predicted molar refractivity (Wildman–Crippen MR) is 253 cm³/mol. The Bertz CT molecular complexity index is 1930. The summed E-state index contributed by atoms with van der Waals surface area (Å²) in [7, 11) is -3.31. The maximum atomic E-state index is 15.1. The fourth-order valence-corrected chi connectivity index (χ4v) is 14.6. The van der Waals surface area contributed by atoms with Gasteiger partial charge in [0.25, 0.3) is 8.32 Å². The molecule has 4 aromatic rings. The second kappa shape index (κ2) is 20.5. The van der Waals surface area contributed by atoms with E-state index in [0.29, 0.717) is 25.2 Å². The van der Waals surface area contributed by atoms with Crippen LogP contribution >= 0.6 is 0 Å². The maximum absolute atomic E-state index is 15.1. The van der Waals surface area contributed by atoms with Crippen LogP contribution in [0.1, 0.15) is 103 Å². The van der Waals surface area contributed by atoms with Gasteiger partial charge in [0.1, 0.15) is 11.9 Å². The molecule has 1 aliphatic carbocycles. The molecule has 1 saturated carbocycles. The maximum Gasteiger partial charge on any atom is 0.338 e. The highest BCUT2D eigenvalue weighted by atomic mass is 28.4. The Morgan fingerprint density at radius 2 is 1.34 bits per heavy atom. The van der Waals surface area contributed by atoms with Crippen molar-refractivity contribution < 1.29 is 32.7 Å². The third kappa shape index (κ3) is 12.0. The zero-order valence-electron chi connectivity index (χ0n) is 38.8. The molecule has 1 aliphatic rings. The first-order chi connectivity index (χ1) is 28.8. The summed E-state index contributed by atoms with van der Waals surface area (Å²) in [6.07, 6.45) is 2.48. The number of methoxy groups -OCH3 is 1. The van der Waals surface area contributed by atoms with Gasteiger partial charge in [-0.2, -0.15) is 0 Å². The standard InChI is InChI=1S/C52H72O7Si2/c1-39(32-34-58-60(10,11)50(2,3)4)35-48(56-37-40-27-29-43(55-9)30-28-40)47(53)36-46-42(38-57-49(54)41-21-15-12-16-22-41)31-33-52(46,8)59-61(51(5,6)7,44-23-17-13-18-24-44)45-25-19-14-20-26-45/h12-30,39,42,46,48H,31-38H2,1-11H3/t39-,42+,46+,48-,52+/m1/s1. The Morgan fingerprint density at radius 3 is 1.87 bits per heavy atom. The average Bonchev–Trinajstić information content (AvgIpc) is 3.54. The smallest absolute Gasteiger partial charge is 0.338 e. The van der Waals surface area contributed by atoms with Crippen molar-refractivity contribution in [3.05, 3.63) is 126 Å². The summed E-state index contributed by atoms with van der Waals surface area (Å²) in [5, 5.41) is 2.23. The molecule has 0 radical (unpaired) electrons. The molecule has 0 N–H and O–H groups in total. The molecule has 0 amide bonds. The number of benzene rings is 4. The molecule has 1 fully saturated rings. The van der Waals surface area contributed by atoms with Crippen LogP contribution in [-0.4, -0.2) is 60.4 Å². The van der Waals surface area contributed by atoms with Gasteiger partial charge in [0.05, 0.1) is 31.5 Å². The quantitative estimate of drug-likeness (QED) is 0.0646. The van der Waals surface area contributed by atoms with Crippen molar-refractivity contribution in [2.24, 2.45) is 17.8 Å². The normalized spacial score (nSPS) is 19.6. The van der Waals surface area contributed by atoms with Crippen molar-refractivity contribution in [1.29, 1.82) is 0 Å². The Labute approximate surface area is 369 Å². The van der Waals surface area contributed by atoms with Crippen LogP contribution in [0.15, 0.2) is 115 Å². The molecule has 5 atom stereocenters. The number of esters is 1. The topological polar surface area (TPSA) is 80.3 Å². The van der Waals surface area contributed by atoms with Gasteiger partial charge in [-0.25, -0.2) is 4.79 Å². The highest BCUT2D eigenvalue weighted by molar-refractivity contribution is 6.99. The summed E-state index contributed by atoms with van der Waals surface area (Å²) in [5.41, 5.74) is 0.769. The van der Waals surface area contributed by atoms with E-state index in [1.807, 2.05) is 42.5 Å². The van der Waals surface area contributed by atoms with Crippen LogP contribution in [0.5, 0.6) is 5.75 Å². The molecule has 7 nitrogen and oxygen atoms in total. The minimum Gasteiger partial charge on any atom is -0.497 e. The van der Waals surface area contributed by atoms with Gasteiger partial charge in [-0.1, -0.05) is 139 Å². The Morgan fingerprint density at radius 1 is 0.787 bits per heavy atom. The summed E-state index contributed by atoms with van der Waals surface area (Å²) in [5.74, 6) is 0.301. The Kier molecular flexibility index (Phi) is 16.2. The Balaban J connectivity index is 1.49. The van der Waals surface area contributed by atoms with Crippen molar-refractivity contribution in [3.63, 3.8) is 0 Å². The van der Waals surface area contributed by atoms with E-state index in [0.717, 1.165) is 30.6 Å². The average molecular weight is 865 g/mol. The van der Waals surface area contributed by atoms with Gasteiger partial charge in [0, 0.05) is 13.0 Å². The van der Waals surface area contributed by atoms with Gasteiger partial charge >= 0.3 is 5.97 Å². The minimum atomic E-state index is -3.04. The van der Waals surface area contributed by atoms with Crippen molar-refractivity contribution in [3.8, 4) is 5.75 Å². The predicted octanol–water partition coefficient (Wildman–Crippen LogP) is 11.2. The summed E-state index contributed by atoms with van der Waals surface area (Å²) < 4.78 is 32.7. The van der Waals surface area contributed by atoms with Crippen LogP contribution in [0.4, 0.5) is 0 Å². The second-order valence-electron chi connectivity index (χ2n) is 20.0. The summed E-state index contributed by atoms with van der Waals surface area (Å²) in [4.78, 5) is 28.5. The zero-order chi connectivity index (χ0) is 44.5. The minimum absolute atomic E-state index is 0.0502. The molecular weight excluding hydrogens is 793 g/mol. The van der Waals surface area contributed by atoms with Gasteiger partial charge in [0.15, 0.2) is 14.1 Å². The van der Waals surface area contributed by atoms with Crippen molar-refractivity contribution in [1.82, 2.24) is 0 Å². The molecule has 5 rings (SSSR count). The summed E-state index contributed by atoms with van der Waals surface area (Å²) in [6.45, 7) is 23.8. The number of carbonyl (C=O) groups excluding carboxylic acids is 2. The molecule has 0 heterocycles. The van der Waals surface area contributed by atoms with E-state index in [-0.39, 0.29) is 52.6 Å². The highest BCUT2D eigenvalue weighted by Gasteiger charge is 2.58. The largest absolute Gasteiger partial charge is 0.497 e. The second-order valence-corrected chi connectivity index (χ2v) is 29.0. The van der Waals surface area contributed by atoms with E-state index < -0.39 is 28.3 Å². The van der Waals surface area contributed by atoms with Crippen LogP contribution in [-0.2, 0) is 29.7 Å². The van der Waals surface area contributed by atoms with Crippen LogP contribution in [0.3, 0.4) is 0 Å².